The van der Waals surface area contributed by atoms with Crippen molar-refractivity contribution in [1.29, 1.82) is 0 Å². The van der Waals surface area contributed by atoms with Gasteiger partial charge in [-0.25, -0.2) is 0 Å². The van der Waals surface area contributed by atoms with Gasteiger partial charge in [-0.2, -0.15) is 0 Å². The summed E-state index contributed by atoms with van der Waals surface area (Å²) in [6.45, 7) is 11.9. The first kappa shape index (κ1) is 22.2. The molecule has 6 heteroatoms. The highest BCUT2D eigenvalue weighted by atomic mass is 16.3. The van der Waals surface area contributed by atoms with E-state index in [9.17, 15) is 0 Å². The maximum atomic E-state index is 5.72. The molecular formula is C23H41N5O. The zero-order valence-corrected chi connectivity index (χ0v) is 18.5. The van der Waals surface area contributed by atoms with Crippen molar-refractivity contribution in [1.82, 2.24) is 20.4 Å². The average Bonchev–Trinajstić information content (AvgIpc) is 3.44. The third kappa shape index (κ3) is 7.03. The van der Waals surface area contributed by atoms with E-state index in [1.165, 1.54) is 58.0 Å². The molecule has 6 nitrogen and oxygen atoms in total. The monoisotopic (exact) mass is 403 g/mol. The molecule has 1 aromatic heterocycles. The number of piperidine rings is 1. The summed E-state index contributed by atoms with van der Waals surface area (Å²) < 4.78 is 5.72. The quantitative estimate of drug-likeness (QED) is 0.355. The van der Waals surface area contributed by atoms with Crippen molar-refractivity contribution < 1.29 is 4.42 Å². The predicted octanol–water partition coefficient (Wildman–Crippen LogP) is 3.63. The van der Waals surface area contributed by atoms with E-state index in [1.54, 1.807) is 6.26 Å². The molecule has 0 saturated carbocycles. The fourth-order valence-electron chi connectivity index (χ4n) is 4.58. The predicted molar refractivity (Wildman–Crippen MR) is 120 cm³/mol. The van der Waals surface area contributed by atoms with Gasteiger partial charge in [0, 0.05) is 19.1 Å². The van der Waals surface area contributed by atoms with Gasteiger partial charge in [0.05, 0.1) is 18.8 Å². The van der Waals surface area contributed by atoms with Gasteiger partial charge in [0.15, 0.2) is 5.96 Å². The summed E-state index contributed by atoms with van der Waals surface area (Å²) in [4.78, 5) is 10.1. The Bertz CT molecular complexity index is 582. The van der Waals surface area contributed by atoms with Crippen LogP contribution in [0.2, 0.25) is 0 Å². The summed E-state index contributed by atoms with van der Waals surface area (Å²) in [6.07, 6.45) is 10.9. The molecule has 0 radical (unpaired) electrons. The summed E-state index contributed by atoms with van der Waals surface area (Å²) >= 11 is 0. The van der Waals surface area contributed by atoms with Crippen LogP contribution in [0.3, 0.4) is 0 Å². The second-order valence-electron chi connectivity index (χ2n) is 8.51. The van der Waals surface area contributed by atoms with Crippen molar-refractivity contribution in [3.63, 3.8) is 0 Å². The highest BCUT2D eigenvalue weighted by Gasteiger charge is 2.25. The van der Waals surface area contributed by atoms with Crippen LogP contribution in [0.5, 0.6) is 0 Å². The van der Waals surface area contributed by atoms with Crippen molar-refractivity contribution in [2.75, 3.05) is 45.8 Å². The summed E-state index contributed by atoms with van der Waals surface area (Å²) in [5.41, 5.74) is 0. The molecule has 0 aromatic carbocycles. The van der Waals surface area contributed by atoms with Gasteiger partial charge in [-0.3, -0.25) is 9.89 Å². The minimum atomic E-state index is 0.239. The van der Waals surface area contributed by atoms with Gasteiger partial charge >= 0.3 is 0 Å². The highest BCUT2D eigenvalue weighted by molar-refractivity contribution is 5.79. The minimum Gasteiger partial charge on any atom is -0.468 e. The minimum absolute atomic E-state index is 0.239. The molecule has 0 aliphatic carbocycles. The molecule has 2 atom stereocenters. The van der Waals surface area contributed by atoms with Crippen molar-refractivity contribution in [3.8, 4) is 0 Å². The summed E-state index contributed by atoms with van der Waals surface area (Å²) in [5, 5.41) is 6.93. The van der Waals surface area contributed by atoms with Crippen LogP contribution in [-0.4, -0.2) is 67.6 Å². The number of nitrogens with zero attached hydrogens (tertiary/aromatic N) is 3. The molecular weight excluding hydrogens is 362 g/mol. The van der Waals surface area contributed by atoms with E-state index in [4.69, 9.17) is 9.41 Å². The maximum absolute atomic E-state index is 5.72. The van der Waals surface area contributed by atoms with Gasteiger partial charge in [0.2, 0.25) is 0 Å². The fraction of sp³-hybridized carbons (Fsp3) is 0.783. The summed E-state index contributed by atoms with van der Waals surface area (Å²) in [7, 11) is 0. The van der Waals surface area contributed by atoms with Gasteiger partial charge in [0.1, 0.15) is 5.76 Å². The number of rotatable bonds is 10. The Morgan fingerprint density at radius 2 is 2.00 bits per heavy atom. The fourth-order valence-corrected chi connectivity index (χ4v) is 4.58. The molecule has 2 saturated heterocycles. The van der Waals surface area contributed by atoms with Crippen molar-refractivity contribution in [3.05, 3.63) is 24.2 Å². The summed E-state index contributed by atoms with van der Waals surface area (Å²) in [6, 6.07) is 5.07. The molecule has 1 aromatic rings. The molecule has 2 fully saturated rings. The largest absolute Gasteiger partial charge is 0.468 e. The van der Waals surface area contributed by atoms with Crippen LogP contribution in [0.15, 0.2) is 27.8 Å². The van der Waals surface area contributed by atoms with Gasteiger partial charge < -0.3 is 20.0 Å². The van der Waals surface area contributed by atoms with E-state index in [2.05, 4.69) is 40.3 Å². The molecule has 29 heavy (non-hydrogen) atoms. The van der Waals surface area contributed by atoms with E-state index in [-0.39, 0.29) is 6.04 Å². The van der Waals surface area contributed by atoms with E-state index in [0.29, 0.717) is 0 Å². The zero-order chi connectivity index (χ0) is 20.3. The number of aliphatic imine (C=N–C) groups is 1. The summed E-state index contributed by atoms with van der Waals surface area (Å²) in [5.74, 6) is 1.96. The molecule has 2 unspecified atom stereocenters. The second kappa shape index (κ2) is 12.2. The second-order valence-corrected chi connectivity index (χ2v) is 8.51. The zero-order valence-electron chi connectivity index (χ0n) is 18.5. The molecule has 2 aliphatic rings. The Balaban J connectivity index is 1.44. The Kier molecular flexibility index (Phi) is 9.35. The lowest BCUT2D eigenvalue weighted by molar-refractivity contribution is 0.158. The van der Waals surface area contributed by atoms with Crippen LogP contribution in [0, 0.1) is 0 Å². The first-order valence-corrected chi connectivity index (χ1v) is 11.8. The number of likely N-dealkylation sites (tertiary alicyclic amines) is 2. The number of unbranched alkanes of at least 4 members (excludes halogenated alkanes) is 1. The topological polar surface area (TPSA) is 56.0 Å². The third-order valence-electron chi connectivity index (χ3n) is 6.32. The van der Waals surface area contributed by atoms with Crippen LogP contribution in [0.4, 0.5) is 0 Å². The molecule has 164 valence electrons. The Labute approximate surface area is 177 Å². The van der Waals surface area contributed by atoms with E-state index in [1.807, 2.05) is 6.07 Å². The standard InChI is InChI=1S/C23H41N5O/c1-3-24-23(25-13-5-7-15-27-14-6-4-11-20(27)2)26-19-21(22-12-10-18-29-22)28-16-8-9-17-28/h10,12,18,20-21H,3-9,11,13-17,19H2,1-2H3,(H2,24,25,26). The molecule has 0 amide bonds. The number of hydrogen-bond acceptors (Lipinski definition) is 4. The molecule has 3 heterocycles. The maximum Gasteiger partial charge on any atom is 0.191 e. The molecule has 0 spiro atoms. The van der Waals surface area contributed by atoms with Crippen LogP contribution in [0.25, 0.3) is 0 Å². The molecule has 0 bridgehead atoms. The van der Waals surface area contributed by atoms with E-state index >= 15 is 0 Å². The SMILES string of the molecule is CCNC(=NCC(c1ccco1)N1CCCC1)NCCCCN1CCCCC1C. The average molecular weight is 404 g/mol. The lowest BCUT2D eigenvalue weighted by Crippen LogP contribution is -2.40. The van der Waals surface area contributed by atoms with Crippen LogP contribution in [-0.2, 0) is 0 Å². The molecule has 2 N–H and O–H groups in total. The van der Waals surface area contributed by atoms with Crippen LogP contribution >= 0.6 is 0 Å². The molecule has 3 rings (SSSR count). The molecule has 2 aliphatic heterocycles. The van der Waals surface area contributed by atoms with Crippen LogP contribution < -0.4 is 10.6 Å². The van der Waals surface area contributed by atoms with E-state index in [0.717, 1.165) is 50.5 Å². The van der Waals surface area contributed by atoms with Crippen molar-refractivity contribution in [2.24, 2.45) is 4.99 Å². The number of furan rings is 1. The first-order valence-electron chi connectivity index (χ1n) is 11.8. The Morgan fingerprint density at radius 1 is 1.17 bits per heavy atom. The van der Waals surface area contributed by atoms with Gasteiger partial charge in [0.25, 0.3) is 0 Å². The van der Waals surface area contributed by atoms with Gasteiger partial charge in [-0.05, 0) is 90.7 Å². The highest BCUT2D eigenvalue weighted by Crippen LogP contribution is 2.25. The number of guanidine groups is 1. The normalized spacial score (nSPS) is 22.7. The van der Waals surface area contributed by atoms with Crippen molar-refractivity contribution >= 4 is 5.96 Å². The van der Waals surface area contributed by atoms with E-state index < -0.39 is 0 Å². The lowest BCUT2D eigenvalue weighted by atomic mass is 10.0. The van der Waals surface area contributed by atoms with Crippen molar-refractivity contribution in [2.45, 2.75) is 70.9 Å². The number of nitrogens with one attached hydrogen (secondary N) is 2. The smallest absolute Gasteiger partial charge is 0.191 e. The number of hydrogen-bond donors (Lipinski definition) is 2. The lowest BCUT2D eigenvalue weighted by Gasteiger charge is -2.33. The first-order chi connectivity index (χ1) is 14.3. The van der Waals surface area contributed by atoms with Gasteiger partial charge in [-0.15, -0.1) is 0 Å². The Morgan fingerprint density at radius 3 is 2.72 bits per heavy atom. The van der Waals surface area contributed by atoms with Crippen LogP contribution in [0.1, 0.15) is 70.6 Å². The third-order valence-corrected chi connectivity index (χ3v) is 6.32. The van der Waals surface area contributed by atoms with Gasteiger partial charge in [-0.1, -0.05) is 6.42 Å². The Hall–Kier alpha value is -1.53.